The molecule has 0 radical (unpaired) electrons. The van der Waals surface area contributed by atoms with Crippen molar-refractivity contribution < 1.29 is 45.0 Å². The fourth-order valence-electron chi connectivity index (χ4n) is 3.20. The van der Waals surface area contributed by atoms with Gasteiger partial charge in [0.25, 0.3) is 11.1 Å². The molecule has 43 heavy (non-hydrogen) atoms. The summed E-state index contributed by atoms with van der Waals surface area (Å²) < 4.78 is 109. The zero-order valence-electron chi connectivity index (χ0n) is 21.4. The molecule has 230 valence electrons. The Balaban J connectivity index is 0.000000238. The first-order chi connectivity index (χ1) is 19.8. The number of alkyl halides is 6. The SMILES string of the molecule is CC(C)Oc1cc(-n2ncc(C(F)(F)F)cc2=O)c(F)cc1Br.O=c1cc(C(F)(F)F)cnn1-c1cc(O)c(Br)cc1F. The third-order valence-corrected chi connectivity index (χ3v) is 6.35. The van der Waals surface area contributed by atoms with Crippen LogP contribution in [0.3, 0.4) is 0 Å². The van der Waals surface area contributed by atoms with E-state index in [2.05, 4.69) is 42.1 Å². The average Bonchev–Trinajstić information content (AvgIpc) is 2.87. The molecule has 2 aromatic heterocycles. The smallest absolute Gasteiger partial charge is 0.418 e. The Morgan fingerprint density at radius 2 is 1.16 bits per heavy atom. The van der Waals surface area contributed by atoms with Crippen LogP contribution in [0.1, 0.15) is 25.0 Å². The summed E-state index contributed by atoms with van der Waals surface area (Å²) >= 11 is 5.98. The molecule has 0 aliphatic rings. The molecule has 0 atom stereocenters. The minimum absolute atomic E-state index is 0.0405. The number of halogens is 10. The largest absolute Gasteiger partial charge is 0.507 e. The number of nitrogens with zero attached hydrogens (tertiary/aromatic N) is 4. The number of hydrogen-bond donors (Lipinski definition) is 1. The Hall–Kier alpha value is -3.80. The maximum atomic E-state index is 14.1. The average molecular weight is 748 g/mol. The highest BCUT2D eigenvalue weighted by molar-refractivity contribution is 9.10. The Morgan fingerprint density at radius 3 is 1.56 bits per heavy atom. The van der Waals surface area contributed by atoms with E-state index in [0.29, 0.717) is 38.4 Å². The van der Waals surface area contributed by atoms with E-state index in [1.165, 1.54) is 6.07 Å². The van der Waals surface area contributed by atoms with Gasteiger partial charge in [0.1, 0.15) is 34.5 Å². The van der Waals surface area contributed by atoms with Crippen molar-refractivity contribution in [3.05, 3.63) is 101 Å². The van der Waals surface area contributed by atoms with E-state index in [9.17, 15) is 49.8 Å². The quantitative estimate of drug-likeness (QED) is 0.231. The van der Waals surface area contributed by atoms with E-state index in [0.717, 1.165) is 18.2 Å². The van der Waals surface area contributed by atoms with E-state index in [4.69, 9.17) is 4.74 Å². The minimum atomic E-state index is -4.72. The fourth-order valence-corrected chi connectivity index (χ4v) is 3.93. The molecule has 0 unspecified atom stereocenters. The van der Waals surface area contributed by atoms with Crippen molar-refractivity contribution in [3.63, 3.8) is 0 Å². The van der Waals surface area contributed by atoms with Crippen molar-refractivity contribution in [2.45, 2.75) is 32.3 Å². The molecule has 2 heterocycles. The van der Waals surface area contributed by atoms with E-state index in [-0.39, 0.29) is 27.8 Å². The molecule has 0 aliphatic heterocycles. The van der Waals surface area contributed by atoms with Crippen molar-refractivity contribution in [2.24, 2.45) is 0 Å². The Kier molecular flexibility index (Phi) is 10.1. The zero-order valence-corrected chi connectivity index (χ0v) is 24.6. The van der Waals surface area contributed by atoms with Crippen LogP contribution in [-0.4, -0.2) is 30.8 Å². The van der Waals surface area contributed by atoms with E-state index in [1.54, 1.807) is 13.8 Å². The summed E-state index contributed by atoms with van der Waals surface area (Å²) in [5.74, 6) is -1.90. The molecule has 1 N–H and O–H groups in total. The first kappa shape index (κ1) is 33.7. The second-order valence-electron chi connectivity index (χ2n) is 8.64. The van der Waals surface area contributed by atoms with Gasteiger partial charge in [-0.25, -0.2) is 8.78 Å². The molecule has 8 nitrogen and oxygen atoms in total. The monoisotopic (exact) mass is 746 g/mol. The van der Waals surface area contributed by atoms with Crippen LogP contribution < -0.4 is 15.9 Å². The summed E-state index contributed by atoms with van der Waals surface area (Å²) in [6.45, 7) is 3.50. The van der Waals surface area contributed by atoms with Crippen molar-refractivity contribution in [3.8, 4) is 22.9 Å². The Morgan fingerprint density at radius 1 is 0.744 bits per heavy atom. The highest BCUT2D eigenvalue weighted by atomic mass is 79.9. The molecule has 0 aliphatic carbocycles. The Labute approximate surface area is 252 Å². The van der Waals surface area contributed by atoms with Gasteiger partial charge in [-0.05, 0) is 57.8 Å². The number of phenolic OH excluding ortho intramolecular Hbond substituents is 1. The predicted octanol–water partition coefficient (Wildman–Crippen LogP) is 6.80. The Bertz CT molecular complexity index is 1770. The summed E-state index contributed by atoms with van der Waals surface area (Å²) in [5.41, 5.74) is -5.46. The zero-order chi connectivity index (χ0) is 32.4. The summed E-state index contributed by atoms with van der Waals surface area (Å²) in [4.78, 5) is 23.4. The summed E-state index contributed by atoms with van der Waals surface area (Å²) in [6, 6.07) is 4.65. The lowest BCUT2D eigenvalue weighted by Crippen LogP contribution is -2.24. The van der Waals surface area contributed by atoms with Crippen LogP contribution in [0.4, 0.5) is 35.1 Å². The molecule has 0 saturated heterocycles. The van der Waals surface area contributed by atoms with E-state index >= 15 is 0 Å². The van der Waals surface area contributed by atoms with Gasteiger partial charge < -0.3 is 9.84 Å². The number of benzene rings is 2. The van der Waals surface area contributed by atoms with Gasteiger partial charge in [-0.2, -0.15) is 45.9 Å². The van der Waals surface area contributed by atoms with Crippen molar-refractivity contribution in [1.82, 2.24) is 19.6 Å². The molecular formula is C25H16Br2F8N4O4. The number of rotatable bonds is 4. The van der Waals surface area contributed by atoms with Crippen molar-refractivity contribution in [1.29, 1.82) is 0 Å². The number of ether oxygens (including phenoxy) is 1. The second kappa shape index (κ2) is 12.8. The highest BCUT2D eigenvalue weighted by Crippen LogP contribution is 2.32. The lowest BCUT2D eigenvalue weighted by Gasteiger charge is -2.14. The van der Waals surface area contributed by atoms with Crippen molar-refractivity contribution >= 4 is 31.9 Å². The second-order valence-corrected chi connectivity index (χ2v) is 10.3. The molecular weight excluding hydrogens is 732 g/mol. The third kappa shape index (κ3) is 8.19. The van der Waals surface area contributed by atoms with Gasteiger partial charge in [0.05, 0.1) is 38.6 Å². The fraction of sp³-hybridized carbons (Fsp3) is 0.200. The van der Waals surface area contributed by atoms with Crippen LogP contribution in [0.25, 0.3) is 11.4 Å². The summed E-state index contributed by atoms with van der Waals surface area (Å²) in [7, 11) is 0. The van der Waals surface area contributed by atoms with Crippen LogP contribution >= 0.6 is 31.9 Å². The molecule has 2 aromatic carbocycles. The van der Waals surface area contributed by atoms with E-state index < -0.39 is 51.9 Å². The number of phenols is 1. The molecule has 0 bridgehead atoms. The first-order valence-corrected chi connectivity index (χ1v) is 13.1. The maximum absolute atomic E-state index is 14.1. The number of hydrogen-bond acceptors (Lipinski definition) is 6. The van der Waals surface area contributed by atoms with Crippen LogP contribution in [0, 0.1) is 11.6 Å². The standard InChI is InChI=1S/C14H11BrF4N2O2.C11H5BrF4N2O2/c1-7(2)23-12-5-11(10(16)4-9(12)15)21-13(22)3-8(6-20-21)14(17,18)19;12-6-2-7(13)8(3-9(6)19)18-10(20)1-5(4-17-18)11(14,15)16/h3-7H,1-2H3;1-4,19H. The molecule has 0 spiro atoms. The first-order valence-electron chi connectivity index (χ1n) is 11.5. The number of aromatic hydroxyl groups is 1. The highest BCUT2D eigenvalue weighted by Gasteiger charge is 2.33. The lowest BCUT2D eigenvalue weighted by molar-refractivity contribution is -0.138. The van der Waals surface area contributed by atoms with Crippen molar-refractivity contribution in [2.75, 3.05) is 0 Å². The van der Waals surface area contributed by atoms with Gasteiger partial charge in [0, 0.05) is 24.3 Å². The van der Waals surface area contributed by atoms with Gasteiger partial charge in [-0.1, -0.05) is 0 Å². The molecule has 0 fully saturated rings. The van der Waals surface area contributed by atoms with Crippen LogP contribution in [-0.2, 0) is 12.4 Å². The predicted molar refractivity (Wildman–Crippen MR) is 142 cm³/mol. The minimum Gasteiger partial charge on any atom is -0.507 e. The third-order valence-electron chi connectivity index (χ3n) is 5.09. The van der Waals surface area contributed by atoms with Crippen LogP contribution in [0.2, 0.25) is 0 Å². The van der Waals surface area contributed by atoms with Crippen LogP contribution in [0.15, 0.2) is 67.3 Å². The summed E-state index contributed by atoms with van der Waals surface area (Å²) in [5, 5.41) is 16.1. The van der Waals surface area contributed by atoms with Gasteiger partial charge in [-0.3, -0.25) is 9.59 Å². The molecule has 4 rings (SSSR count). The normalized spacial score (nSPS) is 11.7. The maximum Gasteiger partial charge on any atom is 0.418 e. The molecule has 0 amide bonds. The van der Waals surface area contributed by atoms with Gasteiger partial charge >= 0.3 is 12.4 Å². The molecule has 0 saturated carbocycles. The topological polar surface area (TPSA) is 99.2 Å². The van der Waals surface area contributed by atoms with Gasteiger partial charge in [0.15, 0.2) is 0 Å². The van der Waals surface area contributed by atoms with E-state index in [1.807, 2.05) is 0 Å². The van der Waals surface area contributed by atoms with Gasteiger partial charge in [0.2, 0.25) is 0 Å². The molecule has 18 heteroatoms. The molecule has 4 aromatic rings. The summed E-state index contributed by atoms with van der Waals surface area (Å²) in [6.07, 6.45) is -8.77. The number of aromatic nitrogens is 4. The van der Waals surface area contributed by atoms with Gasteiger partial charge in [-0.15, -0.1) is 0 Å². The lowest BCUT2D eigenvalue weighted by atomic mass is 10.2. The van der Waals surface area contributed by atoms with Crippen LogP contribution in [0.5, 0.6) is 11.5 Å².